The van der Waals surface area contributed by atoms with E-state index < -0.39 is 0 Å². The van der Waals surface area contributed by atoms with Gasteiger partial charge < -0.3 is 15.5 Å². The van der Waals surface area contributed by atoms with Crippen molar-refractivity contribution in [3.05, 3.63) is 53.3 Å². The standard InChI is InChI=1S/C17H15FN2OS/c1-9-3-6-14(21-2)12(7-9)16-15(17(19)22)11-8-10(18)4-5-13(11)20-16/h3-8,20H,1-2H3,(H2,19,22). The van der Waals surface area contributed by atoms with Gasteiger partial charge in [0.15, 0.2) is 0 Å². The number of methoxy groups -OCH3 is 1. The summed E-state index contributed by atoms with van der Waals surface area (Å²) in [5.41, 5.74) is 9.97. The van der Waals surface area contributed by atoms with E-state index in [0.717, 1.165) is 22.3 Å². The maximum absolute atomic E-state index is 13.6. The second kappa shape index (κ2) is 5.42. The van der Waals surface area contributed by atoms with E-state index >= 15 is 0 Å². The molecule has 0 bridgehead atoms. The Morgan fingerprint density at radius 3 is 2.68 bits per heavy atom. The summed E-state index contributed by atoms with van der Waals surface area (Å²) in [5.74, 6) is 0.377. The monoisotopic (exact) mass is 314 g/mol. The lowest BCUT2D eigenvalue weighted by Gasteiger charge is -2.10. The summed E-state index contributed by atoms with van der Waals surface area (Å²) in [6.07, 6.45) is 0. The Balaban J connectivity index is 2.38. The van der Waals surface area contributed by atoms with Crippen molar-refractivity contribution in [3.63, 3.8) is 0 Å². The molecule has 22 heavy (non-hydrogen) atoms. The van der Waals surface area contributed by atoms with Gasteiger partial charge in [-0.15, -0.1) is 0 Å². The minimum atomic E-state index is -0.327. The van der Waals surface area contributed by atoms with Crippen LogP contribution in [0.15, 0.2) is 36.4 Å². The normalized spacial score (nSPS) is 10.9. The van der Waals surface area contributed by atoms with Crippen LogP contribution in [0.2, 0.25) is 0 Å². The maximum atomic E-state index is 13.6. The largest absolute Gasteiger partial charge is 0.496 e. The molecule has 0 aliphatic rings. The number of nitrogens with one attached hydrogen (secondary N) is 1. The van der Waals surface area contributed by atoms with Crippen LogP contribution in [0, 0.1) is 12.7 Å². The predicted octanol–water partition coefficient (Wildman–Crippen LogP) is 3.93. The van der Waals surface area contributed by atoms with E-state index in [2.05, 4.69) is 4.98 Å². The average Bonchev–Trinajstić information content (AvgIpc) is 2.85. The van der Waals surface area contributed by atoms with E-state index in [1.807, 2.05) is 25.1 Å². The zero-order valence-electron chi connectivity index (χ0n) is 12.2. The van der Waals surface area contributed by atoms with E-state index in [9.17, 15) is 4.39 Å². The van der Waals surface area contributed by atoms with E-state index in [0.29, 0.717) is 16.7 Å². The molecule has 0 fully saturated rings. The molecule has 0 saturated carbocycles. The number of nitrogens with two attached hydrogens (primary N) is 1. The molecule has 0 spiro atoms. The Labute approximate surface area is 132 Å². The molecule has 3 rings (SSSR count). The third-order valence-corrected chi connectivity index (χ3v) is 3.84. The molecule has 2 aromatic carbocycles. The summed E-state index contributed by atoms with van der Waals surface area (Å²) >= 11 is 5.18. The fourth-order valence-electron chi connectivity index (χ4n) is 2.64. The van der Waals surface area contributed by atoms with Crippen molar-refractivity contribution in [3.8, 4) is 17.0 Å². The zero-order chi connectivity index (χ0) is 15.9. The number of hydrogen-bond donors (Lipinski definition) is 2. The molecule has 3 aromatic rings. The molecule has 1 aromatic heterocycles. The van der Waals surface area contributed by atoms with Gasteiger partial charge in [0, 0.05) is 22.0 Å². The lowest BCUT2D eigenvalue weighted by Crippen LogP contribution is -2.10. The molecule has 0 radical (unpaired) electrons. The quantitative estimate of drug-likeness (QED) is 0.720. The van der Waals surface area contributed by atoms with Crippen molar-refractivity contribution in [2.45, 2.75) is 6.92 Å². The molecule has 1 heterocycles. The lowest BCUT2D eigenvalue weighted by molar-refractivity contribution is 0.416. The van der Waals surface area contributed by atoms with Crippen molar-refractivity contribution in [1.82, 2.24) is 4.98 Å². The Morgan fingerprint density at radius 1 is 1.23 bits per heavy atom. The van der Waals surface area contributed by atoms with Crippen LogP contribution in [0.3, 0.4) is 0 Å². The van der Waals surface area contributed by atoms with Gasteiger partial charge in [-0.05, 0) is 37.3 Å². The van der Waals surface area contributed by atoms with Crippen LogP contribution in [0.4, 0.5) is 4.39 Å². The van der Waals surface area contributed by atoms with Crippen LogP contribution in [0.5, 0.6) is 5.75 Å². The second-order valence-electron chi connectivity index (χ2n) is 5.13. The Kier molecular flexibility index (Phi) is 3.58. The summed E-state index contributed by atoms with van der Waals surface area (Å²) in [6, 6.07) is 10.4. The molecule has 3 N–H and O–H groups in total. The molecular weight excluding hydrogens is 299 g/mol. The van der Waals surface area contributed by atoms with Gasteiger partial charge in [0.2, 0.25) is 0 Å². The first kappa shape index (κ1) is 14.5. The minimum absolute atomic E-state index is 0.218. The van der Waals surface area contributed by atoms with Crippen molar-refractivity contribution in [2.75, 3.05) is 7.11 Å². The topological polar surface area (TPSA) is 51.0 Å². The molecular formula is C17H15FN2OS. The summed E-state index contributed by atoms with van der Waals surface area (Å²) in [4.78, 5) is 3.49. The third kappa shape index (κ3) is 2.33. The van der Waals surface area contributed by atoms with Gasteiger partial charge in [0.25, 0.3) is 0 Å². The highest BCUT2D eigenvalue weighted by molar-refractivity contribution is 7.80. The fraction of sp³-hybridized carbons (Fsp3) is 0.118. The maximum Gasteiger partial charge on any atom is 0.128 e. The van der Waals surface area contributed by atoms with Crippen molar-refractivity contribution < 1.29 is 9.13 Å². The van der Waals surface area contributed by atoms with Crippen LogP contribution in [-0.4, -0.2) is 17.1 Å². The summed E-state index contributed by atoms with van der Waals surface area (Å²) in [5, 5.41) is 0.672. The van der Waals surface area contributed by atoms with Gasteiger partial charge in [-0.25, -0.2) is 4.39 Å². The molecule has 0 unspecified atom stereocenters. The first-order valence-electron chi connectivity index (χ1n) is 6.77. The molecule has 5 heteroatoms. The van der Waals surface area contributed by atoms with Gasteiger partial charge in [-0.3, -0.25) is 0 Å². The van der Waals surface area contributed by atoms with Crippen LogP contribution >= 0.6 is 12.2 Å². The van der Waals surface area contributed by atoms with Gasteiger partial charge in [0.05, 0.1) is 12.8 Å². The van der Waals surface area contributed by atoms with Gasteiger partial charge in [0.1, 0.15) is 16.6 Å². The van der Waals surface area contributed by atoms with Gasteiger partial charge in [-0.2, -0.15) is 0 Å². The second-order valence-corrected chi connectivity index (χ2v) is 5.57. The summed E-state index contributed by atoms with van der Waals surface area (Å²) in [7, 11) is 1.61. The van der Waals surface area contributed by atoms with Crippen molar-refractivity contribution in [2.24, 2.45) is 5.73 Å². The summed E-state index contributed by atoms with van der Waals surface area (Å²) in [6.45, 7) is 1.99. The first-order chi connectivity index (χ1) is 10.5. The lowest BCUT2D eigenvalue weighted by atomic mass is 10.0. The molecule has 0 aliphatic heterocycles. The number of H-pyrrole nitrogens is 1. The molecule has 0 saturated heterocycles. The van der Waals surface area contributed by atoms with Crippen LogP contribution in [-0.2, 0) is 0 Å². The number of thiocarbonyl (C=S) groups is 1. The predicted molar refractivity (Wildman–Crippen MR) is 90.9 cm³/mol. The molecule has 112 valence electrons. The highest BCUT2D eigenvalue weighted by Gasteiger charge is 2.18. The number of fused-ring (bicyclic) bond motifs is 1. The van der Waals surface area contributed by atoms with Crippen LogP contribution in [0.1, 0.15) is 11.1 Å². The number of aromatic amines is 1. The number of aromatic nitrogens is 1. The minimum Gasteiger partial charge on any atom is -0.496 e. The van der Waals surface area contributed by atoms with Crippen molar-refractivity contribution in [1.29, 1.82) is 0 Å². The van der Waals surface area contributed by atoms with E-state index in [-0.39, 0.29) is 10.8 Å². The third-order valence-electron chi connectivity index (χ3n) is 3.63. The Hall–Kier alpha value is -2.40. The fourth-order valence-corrected chi connectivity index (χ4v) is 2.85. The molecule has 3 nitrogen and oxygen atoms in total. The number of aryl methyl sites for hydroxylation is 1. The Morgan fingerprint density at radius 2 is 2.00 bits per heavy atom. The highest BCUT2D eigenvalue weighted by atomic mass is 32.1. The number of rotatable bonds is 3. The van der Waals surface area contributed by atoms with Crippen LogP contribution in [0.25, 0.3) is 22.2 Å². The summed E-state index contributed by atoms with van der Waals surface area (Å²) < 4.78 is 19.0. The molecule has 0 amide bonds. The van der Waals surface area contributed by atoms with E-state index in [1.165, 1.54) is 12.1 Å². The number of ether oxygens (including phenoxy) is 1. The van der Waals surface area contributed by atoms with E-state index in [4.69, 9.17) is 22.7 Å². The smallest absolute Gasteiger partial charge is 0.128 e. The highest BCUT2D eigenvalue weighted by Crippen LogP contribution is 2.36. The van der Waals surface area contributed by atoms with Crippen LogP contribution < -0.4 is 10.5 Å². The number of hydrogen-bond acceptors (Lipinski definition) is 2. The number of halogens is 1. The van der Waals surface area contributed by atoms with Gasteiger partial charge >= 0.3 is 0 Å². The first-order valence-corrected chi connectivity index (χ1v) is 7.18. The van der Waals surface area contributed by atoms with Crippen molar-refractivity contribution >= 4 is 28.1 Å². The van der Waals surface area contributed by atoms with E-state index in [1.54, 1.807) is 13.2 Å². The Bertz CT molecular complexity index is 886. The number of benzene rings is 2. The molecule has 0 aliphatic carbocycles. The average molecular weight is 314 g/mol. The zero-order valence-corrected chi connectivity index (χ0v) is 13.1. The van der Waals surface area contributed by atoms with Gasteiger partial charge in [-0.1, -0.05) is 23.8 Å². The molecule has 0 atom stereocenters. The SMILES string of the molecule is COc1ccc(C)cc1-c1[nH]c2ccc(F)cc2c1C(N)=S.